The molecule has 0 aliphatic carbocycles. The van der Waals surface area contributed by atoms with Gasteiger partial charge in [-0.25, -0.2) is 4.39 Å². The van der Waals surface area contributed by atoms with Gasteiger partial charge in [-0.15, -0.1) is 0 Å². The zero-order valence-corrected chi connectivity index (χ0v) is 19.1. The molecule has 0 atom stereocenters. The van der Waals surface area contributed by atoms with E-state index in [1.54, 1.807) is 24.1 Å². The van der Waals surface area contributed by atoms with Crippen LogP contribution in [0.3, 0.4) is 0 Å². The molecule has 1 aliphatic heterocycles. The number of rotatable bonds is 6. The van der Waals surface area contributed by atoms with E-state index in [4.69, 9.17) is 4.74 Å². The number of halogens is 2. The van der Waals surface area contributed by atoms with Crippen LogP contribution in [-0.2, 0) is 16.0 Å². The minimum Gasteiger partial charge on any atom is -0.497 e. The molecule has 0 bridgehead atoms. The summed E-state index contributed by atoms with van der Waals surface area (Å²) in [6.45, 7) is 2.19. The van der Waals surface area contributed by atoms with Gasteiger partial charge in [-0.1, -0.05) is 28.1 Å². The van der Waals surface area contributed by atoms with Crippen molar-refractivity contribution in [2.45, 2.75) is 19.3 Å². The molecule has 0 aromatic heterocycles. The lowest BCUT2D eigenvalue weighted by molar-refractivity contribution is -0.132. The molecule has 31 heavy (non-hydrogen) atoms. The third kappa shape index (κ3) is 6.66. The van der Waals surface area contributed by atoms with E-state index in [1.807, 2.05) is 29.2 Å². The van der Waals surface area contributed by atoms with E-state index in [0.29, 0.717) is 44.6 Å². The summed E-state index contributed by atoms with van der Waals surface area (Å²) in [6.07, 6.45) is 4.71. The van der Waals surface area contributed by atoms with E-state index < -0.39 is 0 Å². The second-order valence-corrected chi connectivity index (χ2v) is 8.32. The first-order chi connectivity index (χ1) is 15.0. The van der Waals surface area contributed by atoms with Gasteiger partial charge in [0, 0.05) is 48.7 Å². The van der Waals surface area contributed by atoms with Crippen LogP contribution in [0.15, 0.2) is 53.0 Å². The Labute approximate surface area is 190 Å². The number of benzene rings is 2. The van der Waals surface area contributed by atoms with E-state index in [0.717, 1.165) is 22.2 Å². The molecule has 2 aromatic rings. The fourth-order valence-corrected chi connectivity index (χ4v) is 3.88. The van der Waals surface area contributed by atoms with Gasteiger partial charge in [-0.2, -0.15) is 0 Å². The van der Waals surface area contributed by atoms with Crippen molar-refractivity contribution in [3.8, 4) is 5.75 Å². The highest BCUT2D eigenvalue weighted by molar-refractivity contribution is 9.10. The average molecular weight is 489 g/mol. The molecule has 7 heteroatoms. The van der Waals surface area contributed by atoms with Gasteiger partial charge in [0.05, 0.1) is 7.11 Å². The summed E-state index contributed by atoms with van der Waals surface area (Å²) in [6, 6.07) is 12.3. The number of nitrogens with zero attached hydrogens (tertiary/aromatic N) is 2. The molecule has 1 heterocycles. The monoisotopic (exact) mass is 488 g/mol. The molecular formula is C24H26BrFN2O3. The summed E-state index contributed by atoms with van der Waals surface area (Å²) >= 11 is 3.31. The van der Waals surface area contributed by atoms with Gasteiger partial charge >= 0.3 is 0 Å². The molecule has 2 amide bonds. The molecule has 1 aliphatic rings. The molecule has 3 rings (SSSR count). The maximum Gasteiger partial charge on any atom is 0.246 e. The zero-order chi connectivity index (χ0) is 22.2. The van der Waals surface area contributed by atoms with E-state index in [-0.39, 0.29) is 17.6 Å². The molecular weight excluding hydrogens is 463 g/mol. The molecule has 2 aromatic carbocycles. The SMILES string of the molecule is COc1ccc(CCC(=O)N2CCCN(C(=O)C=Cc3cc(Br)ccc3F)CC2)cc1. The Bertz CT molecular complexity index is 946. The number of carbonyl (C=O) groups is 2. The summed E-state index contributed by atoms with van der Waals surface area (Å²) < 4.78 is 19.8. The van der Waals surface area contributed by atoms with Crippen LogP contribution in [0.1, 0.15) is 24.0 Å². The molecule has 1 fully saturated rings. The number of methoxy groups -OCH3 is 1. The number of carbonyl (C=O) groups excluding carboxylic acids is 2. The van der Waals surface area contributed by atoms with Crippen molar-refractivity contribution in [3.05, 3.63) is 70.0 Å². The van der Waals surface area contributed by atoms with Gasteiger partial charge in [0.25, 0.3) is 0 Å². The second kappa shape index (κ2) is 11.1. The third-order valence-corrected chi connectivity index (χ3v) is 5.80. The van der Waals surface area contributed by atoms with Gasteiger partial charge in [0.1, 0.15) is 11.6 Å². The Morgan fingerprint density at radius 2 is 1.77 bits per heavy atom. The summed E-state index contributed by atoms with van der Waals surface area (Å²) in [4.78, 5) is 28.7. The van der Waals surface area contributed by atoms with Crippen LogP contribution in [0.4, 0.5) is 4.39 Å². The van der Waals surface area contributed by atoms with Gasteiger partial charge in [0.15, 0.2) is 0 Å². The van der Waals surface area contributed by atoms with Crippen molar-refractivity contribution in [1.29, 1.82) is 0 Å². The first-order valence-electron chi connectivity index (χ1n) is 10.3. The highest BCUT2D eigenvalue weighted by atomic mass is 79.9. The second-order valence-electron chi connectivity index (χ2n) is 7.41. The standard InChI is InChI=1S/C24H26BrFN2O3/c1-31-21-8-3-18(4-9-21)5-11-23(29)27-13-2-14-28(16-15-27)24(30)12-6-19-17-20(25)7-10-22(19)26/h3-4,6-10,12,17H,2,5,11,13-16H2,1H3. The predicted octanol–water partition coefficient (Wildman–Crippen LogP) is 4.30. The lowest BCUT2D eigenvalue weighted by atomic mass is 10.1. The maximum atomic E-state index is 13.9. The largest absolute Gasteiger partial charge is 0.497 e. The van der Waals surface area contributed by atoms with Gasteiger partial charge in [-0.3, -0.25) is 9.59 Å². The first-order valence-corrected chi connectivity index (χ1v) is 11.1. The molecule has 5 nitrogen and oxygen atoms in total. The number of hydrogen-bond acceptors (Lipinski definition) is 3. The lowest BCUT2D eigenvalue weighted by Crippen LogP contribution is -2.36. The van der Waals surface area contributed by atoms with E-state index in [9.17, 15) is 14.0 Å². The van der Waals surface area contributed by atoms with Crippen LogP contribution in [0.2, 0.25) is 0 Å². The lowest BCUT2D eigenvalue weighted by Gasteiger charge is -2.21. The molecule has 0 unspecified atom stereocenters. The van der Waals surface area contributed by atoms with Gasteiger partial charge in [-0.05, 0) is 54.8 Å². The number of amides is 2. The predicted molar refractivity (Wildman–Crippen MR) is 122 cm³/mol. The smallest absolute Gasteiger partial charge is 0.246 e. The van der Waals surface area contributed by atoms with Crippen LogP contribution in [0.5, 0.6) is 5.75 Å². The fraction of sp³-hybridized carbons (Fsp3) is 0.333. The number of ether oxygens (including phenoxy) is 1. The van der Waals surface area contributed by atoms with Crippen molar-refractivity contribution >= 4 is 33.8 Å². The van der Waals surface area contributed by atoms with E-state index in [1.165, 1.54) is 18.2 Å². The van der Waals surface area contributed by atoms with Crippen LogP contribution >= 0.6 is 15.9 Å². The van der Waals surface area contributed by atoms with Gasteiger partial charge in [0.2, 0.25) is 11.8 Å². The first kappa shape index (κ1) is 23.0. The Kier molecular flexibility index (Phi) is 8.23. The molecule has 0 radical (unpaired) electrons. The van der Waals surface area contributed by atoms with E-state index >= 15 is 0 Å². The summed E-state index contributed by atoms with van der Waals surface area (Å²) in [5.41, 5.74) is 1.44. The van der Waals surface area contributed by atoms with Crippen LogP contribution in [0.25, 0.3) is 6.08 Å². The zero-order valence-electron chi connectivity index (χ0n) is 17.5. The van der Waals surface area contributed by atoms with Crippen LogP contribution in [0, 0.1) is 5.82 Å². The highest BCUT2D eigenvalue weighted by Gasteiger charge is 2.21. The normalized spacial score (nSPS) is 14.5. The Hall–Kier alpha value is -2.67. The van der Waals surface area contributed by atoms with Gasteiger partial charge < -0.3 is 14.5 Å². The Balaban J connectivity index is 1.50. The number of aryl methyl sites for hydroxylation is 1. The van der Waals surface area contributed by atoms with Crippen molar-refractivity contribution in [3.63, 3.8) is 0 Å². The molecule has 1 saturated heterocycles. The average Bonchev–Trinajstić information content (AvgIpc) is 3.04. The summed E-state index contributed by atoms with van der Waals surface area (Å²) in [7, 11) is 1.63. The van der Waals surface area contributed by atoms with Crippen molar-refractivity contribution in [2.75, 3.05) is 33.3 Å². The summed E-state index contributed by atoms with van der Waals surface area (Å²) in [5.74, 6) is 0.338. The highest BCUT2D eigenvalue weighted by Crippen LogP contribution is 2.17. The Morgan fingerprint density at radius 1 is 1.06 bits per heavy atom. The maximum absolute atomic E-state index is 13.9. The third-order valence-electron chi connectivity index (χ3n) is 5.31. The minimum atomic E-state index is -0.378. The van der Waals surface area contributed by atoms with E-state index in [2.05, 4.69) is 15.9 Å². The molecule has 0 spiro atoms. The number of hydrogen-bond donors (Lipinski definition) is 0. The fourth-order valence-electron chi connectivity index (χ4n) is 3.50. The quantitative estimate of drug-likeness (QED) is 0.569. The molecule has 164 valence electrons. The van der Waals surface area contributed by atoms with Crippen molar-refractivity contribution in [2.24, 2.45) is 0 Å². The van der Waals surface area contributed by atoms with Crippen molar-refractivity contribution < 1.29 is 18.7 Å². The van der Waals surface area contributed by atoms with Crippen LogP contribution < -0.4 is 4.74 Å². The topological polar surface area (TPSA) is 49.9 Å². The Morgan fingerprint density at radius 3 is 2.52 bits per heavy atom. The van der Waals surface area contributed by atoms with Crippen LogP contribution in [-0.4, -0.2) is 54.9 Å². The summed E-state index contributed by atoms with van der Waals surface area (Å²) in [5, 5.41) is 0. The molecule has 0 saturated carbocycles. The van der Waals surface area contributed by atoms with Crippen molar-refractivity contribution in [1.82, 2.24) is 9.80 Å². The minimum absolute atomic E-state index is 0.0943. The molecule has 0 N–H and O–H groups in total.